The first kappa shape index (κ1) is 13.9. The molecule has 0 spiro atoms. The number of para-hydroxylation sites is 1. The molecule has 96 valence electrons. The van der Waals surface area contributed by atoms with Gasteiger partial charge >= 0.3 is 0 Å². The summed E-state index contributed by atoms with van der Waals surface area (Å²) in [7, 11) is 1.52. The zero-order valence-corrected chi connectivity index (χ0v) is 9.90. The number of anilines is 1. The number of halogens is 1. The molecule has 1 N–H and O–H groups in total. The van der Waals surface area contributed by atoms with E-state index in [0.717, 1.165) is 0 Å². The average molecular weight is 252 g/mol. The predicted octanol–water partition coefficient (Wildman–Crippen LogP) is 1.70. The third-order valence-electron chi connectivity index (χ3n) is 2.02. The van der Waals surface area contributed by atoms with Crippen LogP contribution in [0.4, 0.5) is 10.1 Å². The van der Waals surface area contributed by atoms with Crippen LogP contribution in [0.3, 0.4) is 0 Å². The molecule has 1 aromatic carbocycles. The van der Waals surface area contributed by atoms with Gasteiger partial charge < -0.3 is 14.8 Å². The van der Waals surface area contributed by atoms with E-state index in [1.165, 1.54) is 25.3 Å². The maximum atomic E-state index is 13.6. The van der Waals surface area contributed by atoms with Gasteiger partial charge in [0.1, 0.15) is 24.5 Å². The highest BCUT2D eigenvalue weighted by molar-refractivity contribution is 5.93. The first-order valence-electron chi connectivity index (χ1n) is 5.26. The number of nitrogens with one attached hydrogen (secondary N) is 1. The molecular weight excluding hydrogens is 239 g/mol. The van der Waals surface area contributed by atoms with Gasteiger partial charge in [0.05, 0.1) is 12.7 Å². The van der Waals surface area contributed by atoms with Gasteiger partial charge in [-0.3, -0.25) is 4.79 Å². The van der Waals surface area contributed by atoms with Crippen molar-refractivity contribution in [2.24, 2.45) is 0 Å². The summed E-state index contributed by atoms with van der Waals surface area (Å²) in [5, 5.41) is 10.7. The predicted molar refractivity (Wildman–Crippen MR) is 62.6 cm³/mol. The van der Waals surface area contributed by atoms with Crippen molar-refractivity contribution in [3.63, 3.8) is 0 Å². The SMILES string of the molecule is COCCOc1cccc(F)c1NC(=O)CC#N. The van der Waals surface area contributed by atoms with Crippen LogP contribution in [-0.2, 0) is 9.53 Å². The molecule has 6 heteroatoms. The summed E-state index contributed by atoms with van der Waals surface area (Å²) in [6, 6.07) is 5.88. The molecule has 0 saturated heterocycles. The lowest BCUT2D eigenvalue weighted by atomic mass is 10.2. The topological polar surface area (TPSA) is 71.3 Å². The lowest BCUT2D eigenvalue weighted by molar-refractivity contribution is -0.115. The second kappa shape index (κ2) is 7.25. The van der Waals surface area contributed by atoms with Crippen LogP contribution in [0.1, 0.15) is 6.42 Å². The molecule has 0 radical (unpaired) electrons. The molecule has 1 amide bonds. The first-order valence-corrected chi connectivity index (χ1v) is 5.26. The molecule has 0 bridgehead atoms. The van der Waals surface area contributed by atoms with E-state index in [1.54, 1.807) is 6.07 Å². The quantitative estimate of drug-likeness (QED) is 0.782. The van der Waals surface area contributed by atoms with Gasteiger partial charge in [-0.15, -0.1) is 0 Å². The van der Waals surface area contributed by atoms with Crippen molar-refractivity contribution in [2.45, 2.75) is 6.42 Å². The number of benzene rings is 1. The van der Waals surface area contributed by atoms with Crippen LogP contribution in [0.25, 0.3) is 0 Å². The summed E-state index contributed by atoms with van der Waals surface area (Å²) in [4.78, 5) is 11.3. The molecule has 1 rings (SSSR count). The van der Waals surface area contributed by atoms with Gasteiger partial charge in [-0.1, -0.05) is 6.07 Å². The largest absolute Gasteiger partial charge is 0.489 e. The monoisotopic (exact) mass is 252 g/mol. The first-order chi connectivity index (χ1) is 8.69. The Labute approximate surface area is 104 Å². The van der Waals surface area contributed by atoms with E-state index in [2.05, 4.69) is 5.32 Å². The van der Waals surface area contributed by atoms with E-state index < -0.39 is 11.7 Å². The fraction of sp³-hybridized carbons (Fsp3) is 0.333. The molecule has 0 aliphatic rings. The van der Waals surface area contributed by atoms with E-state index in [1.807, 2.05) is 0 Å². The molecule has 0 aliphatic heterocycles. The Hall–Kier alpha value is -2.13. The second-order valence-electron chi connectivity index (χ2n) is 3.34. The summed E-state index contributed by atoms with van der Waals surface area (Å²) in [6.07, 6.45) is -0.341. The number of carbonyl (C=O) groups is 1. The minimum atomic E-state index is -0.615. The van der Waals surface area contributed by atoms with Gasteiger partial charge in [-0.25, -0.2) is 4.39 Å². The lowest BCUT2D eigenvalue weighted by Crippen LogP contribution is -2.14. The van der Waals surface area contributed by atoms with E-state index in [4.69, 9.17) is 14.7 Å². The highest BCUT2D eigenvalue weighted by Crippen LogP contribution is 2.27. The number of amides is 1. The van der Waals surface area contributed by atoms with Crippen LogP contribution in [0.5, 0.6) is 5.75 Å². The fourth-order valence-electron chi connectivity index (χ4n) is 1.24. The Morgan fingerprint density at radius 3 is 2.94 bits per heavy atom. The second-order valence-corrected chi connectivity index (χ2v) is 3.34. The number of rotatable bonds is 6. The molecule has 0 aliphatic carbocycles. The third kappa shape index (κ3) is 4.03. The lowest BCUT2D eigenvalue weighted by Gasteiger charge is -2.12. The van der Waals surface area contributed by atoms with Crippen LogP contribution in [-0.4, -0.2) is 26.2 Å². The molecule has 5 nitrogen and oxygen atoms in total. The maximum absolute atomic E-state index is 13.6. The summed E-state index contributed by atoms with van der Waals surface area (Å²) in [6.45, 7) is 0.586. The van der Waals surface area contributed by atoms with Crippen LogP contribution in [0, 0.1) is 17.1 Å². The van der Waals surface area contributed by atoms with Gasteiger partial charge in [-0.2, -0.15) is 5.26 Å². The maximum Gasteiger partial charge on any atom is 0.238 e. The fourth-order valence-corrected chi connectivity index (χ4v) is 1.24. The zero-order valence-electron chi connectivity index (χ0n) is 9.90. The molecule has 0 fully saturated rings. The molecule has 0 aromatic heterocycles. The van der Waals surface area contributed by atoms with Crippen molar-refractivity contribution in [1.82, 2.24) is 0 Å². The molecular formula is C12H13FN2O3. The number of hydrogen-bond acceptors (Lipinski definition) is 4. The number of nitrogens with zero attached hydrogens (tertiary/aromatic N) is 1. The number of ether oxygens (including phenoxy) is 2. The summed E-state index contributed by atoms with van der Waals surface area (Å²) >= 11 is 0. The number of carbonyl (C=O) groups excluding carboxylic acids is 1. The molecule has 0 heterocycles. The molecule has 0 atom stereocenters. The van der Waals surface area contributed by atoms with Gasteiger partial charge in [0, 0.05) is 7.11 Å². The van der Waals surface area contributed by atoms with E-state index in [9.17, 15) is 9.18 Å². The van der Waals surface area contributed by atoms with E-state index >= 15 is 0 Å². The minimum Gasteiger partial charge on any atom is -0.489 e. The normalized spacial score (nSPS) is 9.61. The Morgan fingerprint density at radius 1 is 1.50 bits per heavy atom. The zero-order chi connectivity index (χ0) is 13.4. The molecule has 0 saturated carbocycles. The Kier molecular flexibility index (Phi) is 5.61. The Bertz CT molecular complexity index is 457. The van der Waals surface area contributed by atoms with Crippen molar-refractivity contribution in [1.29, 1.82) is 5.26 Å². The Balaban J connectivity index is 2.80. The average Bonchev–Trinajstić information content (AvgIpc) is 2.34. The smallest absolute Gasteiger partial charge is 0.238 e. The highest BCUT2D eigenvalue weighted by atomic mass is 19.1. The molecule has 1 aromatic rings. The van der Waals surface area contributed by atoms with Crippen LogP contribution in [0.15, 0.2) is 18.2 Å². The summed E-state index contributed by atoms with van der Waals surface area (Å²) < 4.78 is 23.6. The van der Waals surface area contributed by atoms with Crippen molar-refractivity contribution in [3.8, 4) is 11.8 Å². The van der Waals surface area contributed by atoms with Crippen molar-refractivity contribution < 1.29 is 18.7 Å². The van der Waals surface area contributed by atoms with Gasteiger partial charge in [0.25, 0.3) is 0 Å². The van der Waals surface area contributed by atoms with Gasteiger partial charge in [-0.05, 0) is 12.1 Å². The Morgan fingerprint density at radius 2 is 2.28 bits per heavy atom. The van der Waals surface area contributed by atoms with Crippen molar-refractivity contribution in [2.75, 3.05) is 25.6 Å². The van der Waals surface area contributed by atoms with E-state index in [-0.39, 0.29) is 24.5 Å². The van der Waals surface area contributed by atoms with Gasteiger partial charge in [0.2, 0.25) is 5.91 Å². The highest BCUT2D eigenvalue weighted by Gasteiger charge is 2.12. The van der Waals surface area contributed by atoms with Crippen LogP contribution < -0.4 is 10.1 Å². The van der Waals surface area contributed by atoms with Crippen molar-refractivity contribution >= 4 is 11.6 Å². The van der Waals surface area contributed by atoms with Gasteiger partial charge in [0.15, 0.2) is 5.82 Å². The van der Waals surface area contributed by atoms with E-state index in [0.29, 0.717) is 6.61 Å². The number of methoxy groups -OCH3 is 1. The number of hydrogen-bond donors (Lipinski definition) is 1. The van der Waals surface area contributed by atoms with Crippen LogP contribution in [0.2, 0.25) is 0 Å². The summed E-state index contributed by atoms with van der Waals surface area (Å²) in [5.41, 5.74) is -0.0612. The third-order valence-corrected chi connectivity index (χ3v) is 2.02. The van der Waals surface area contributed by atoms with Crippen molar-refractivity contribution in [3.05, 3.63) is 24.0 Å². The summed E-state index contributed by atoms with van der Waals surface area (Å²) in [5.74, 6) is -0.992. The molecule has 0 unspecified atom stereocenters. The van der Waals surface area contributed by atoms with Crippen LogP contribution >= 0.6 is 0 Å². The number of nitriles is 1. The minimum absolute atomic E-state index is 0.0612. The molecule has 18 heavy (non-hydrogen) atoms. The standard InChI is InChI=1S/C12H13FN2O3/c1-17-7-8-18-10-4-2-3-9(13)12(10)15-11(16)5-6-14/h2-4H,5,7-8H2,1H3,(H,15,16).